The van der Waals surface area contributed by atoms with E-state index < -0.39 is 0 Å². The van der Waals surface area contributed by atoms with Crippen LogP contribution in [0, 0.1) is 13.8 Å². The van der Waals surface area contributed by atoms with Gasteiger partial charge in [-0.2, -0.15) is 0 Å². The van der Waals surface area contributed by atoms with Gasteiger partial charge in [-0.15, -0.1) is 0 Å². The van der Waals surface area contributed by atoms with E-state index in [1.807, 2.05) is 44.2 Å². The molecule has 2 aromatic rings. The number of aromatic nitrogens is 1. The second-order valence-electron chi connectivity index (χ2n) is 5.98. The SMILES string of the molecule is CCCOc1cccc(CNC(=O)NCc2c(C)cc(C)[nH]c2=O)c1. The fraction of sp³-hybridized carbons (Fsp3) is 0.368. The molecular formula is C19H25N3O3. The number of pyridine rings is 1. The van der Waals surface area contributed by atoms with Gasteiger partial charge in [-0.3, -0.25) is 4.79 Å². The molecule has 6 heteroatoms. The molecule has 1 aromatic heterocycles. The highest BCUT2D eigenvalue weighted by molar-refractivity contribution is 5.73. The topological polar surface area (TPSA) is 83.2 Å². The van der Waals surface area contributed by atoms with Crippen LogP contribution in [0.2, 0.25) is 0 Å². The van der Waals surface area contributed by atoms with Gasteiger partial charge in [-0.05, 0) is 49.6 Å². The number of hydrogen-bond donors (Lipinski definition) is 3. The number of benzene rings is 1. The molecule has 0 atom stereocenters. The van der Waals surface area contributed by atoms with Gasteiger partial charge in [-0.1, -0.05) is 19.1 Å². The van der Waals surface area contributed by atoms with Crippen molar-refractivity contribution in [2.45, 2.75) is 40.3 Å². The maximum absolute atomic E-state index is 12.0. The van der Waals surface area contributed by atoms with Crippen LogP contribution in [0.15, 0.2) is 35.1 Å². The Hall–Kier alpha value is -2.76. The Bertz CT molecular complexity index is 784. The molecule has 0 bridgehead atoms. The molecule has 0 fully saturated rings. The minimum Gasteiger partial charge on any atom is -0.494 e. The van der Waals surface area contributed by atoms with Gasteiger partial charge < -0.3 is 20.4 Å². The highest BCUT2D eigenvalue weighted by Gasteiger charge is 2.07. The number of ether oxygens (including phenoxy) is 1. The molecule has 0 saturated carbocycles. The lowest BCUT2D eigenvalue weighted by molar-refractivity contribution is 0.240. The van der Waals surface area contributed by atoms with Crippen LogP contribution in [0.3, 0.4) is 0 Å². The van der Waals surface area contributed by atoms with Crippen LogP contribution in [-0.4, -0.2) is 17.6 Å². The van der Waals surface area contributed by atoms with E-state index in [0.717, 1.165) is 29.0 Å². The summed E-state index contributed by atoms with van der Waals surface area (Å²) < 4.78 is 5.58. The first kappa shape index (κ1) is 18.6. The molecule has 1 aromatic carbocycles. The quantitative estimate of drug-likeness (QED) is 0.723. The molecular weight excluding hydrogens is 318 g/mol. The molecule has 25 heavy (non-hydrogen) atoms. The van der Waals surface area contributed by atoms with E-state index in [2.05, 4.69) is 22.5 Å². The Morgan fingerprint density at radius 1 is 1.16 bits per heavy atom. The summed E-state index contributed by atoms with van der Waals surface area (Å²) in [6.45, 7) is 6.99. The zero-order chi connectivity index (χ0) is 18.2. The number of rotatable bonds is 7. The smallest absolute Gasteiger partial charge is 0.315 e. The molecule has 0 saturated heterocycles. The molecule has 2 amide bonds. The summed E-state index contributed by atoms with van der Waals surface area (Å²) in [7, 11) is 0. The number of amides is 2. The van der Waals surface area contributed by atoms with E-state index in [4.69, 9.17) is 4.74 Å². The van der Waals surface area contributed by atoms with Gasteiger partial charge in [0.05, 0.1) is 13.2 Å². The maximum Gasteiger partial charge on any atom is 0.315 e. The number of carbonyl (C=O) groups excluding carboxylic acids is 1. The number of hydrogen-bond acceptors (Lipinski definition) is 3. The van der Waals surface area contributed by atoms with Gasteiger partial charge in [0.1, 0.15) is 5.75 Å². The van der Waals surface area contributed by atoms with Gasteiger partial charge in [0.25, 0.3) is 5.56 Å². The monoisotopic (exact) mass is 343 g/mol. The van der Waals surface area contributed by atoms with Gasteiger partial charge >= 0.3 is 6.03 Å². The molecule has 0 radical (unpaired) electrons. The number of aryl methyl sites for hydroxylation is 2. The van der Waals surface area contributed by atoms with E-state index in [-0.39, 0.29) is 18.1 Å². The summed E-state index contributed by atoms with van der Waals surface area (Å²) in [5.41, 5.74) is 3.02. The average molecular weight is 343 g/mol. The lowest BCUT2D eigenvalue weighted by Crippen LogP contribution is -2.36. The Morgan fingerprint density at radius 3 is 2.64 bits per heavy atom. The van der Waals surface area contributed by atoms with Crippen LogP contribution in [0.1, 0.15) is 35.7 Å². The molecule has 0 aliphatic carbocycles. The zero-order valence-corrected chi connectivity index (χ0v) is 14.9. The fourth-order valence-corrected chi connectivity index (χ4v) is 2.48. The van der Waals surface area contributed by atoms with Crippen LogP contribution in [-0.2, 0) is 13.1 Å². The van der Waals surface area contributed by atoms with E-state index in [1.165, 1.54) is 0 Å². The van der Waals surface area contributed by atoms with Crippen molar-refractivity contribution in [3.63, 3.8) is 0 Å². The highest BCUT2D eigenvalue weighted by atomic mass is 16.5. The van der Waals surface area contributed by atoms with Gasteiger partial charge in [-0.25, -0.2) is 4.79 Å². The molecule has 1 heterocycles. The number of aromatic amines is 1. The first-order chi connectivity index (χ1) is 12.0. The number of H-pyrrole nitrogens is 1. The third-order valence-electron chi connectivity index (χ3n) is 3.74. The van der Waals surface area contributed by atoms with E-state index in [1.54, 1.807) is 0 Å². The standard InChI is InChI=1S/C19H25N3O3/c1-4-8-25-16-7-5-6-15(10-16)11-20-19(24)21-12-17-13(2)9-14(3)22-18(17)23/h5-7,9-10H,4,8,11-12H2,1-3H3,(H,22,23)(H2,20,21,24). The first-order valence-electron chi connectivity index (χ1n) is 8.42. The Labute approximate surface area is 147 Å². The Balaban J connectivity index is 1.86. The molecule has 0 unspecified atom stereocenters. The minimum atomic E-state index is -0.320. The summed E-state index contributed by atoms with van der Waals surface area (Å²) in [6, 6.07) is 9.19. The third kappa shape index (κ3) is 5.67. The van der Waals surface area contributed by atoms with E-state index >= 15 is 0 Å². The van der Waals surface area contributed by atoms with Crippen LogP contribution < -0.4 is 20.9 Å². The van der Waals surface area contributed by atoms with Crippen molar-refractivity contribution in [1.82, 2.24) is 15.6 Å². The normalized spacial score (nSPS) is 10.4. The van der Waals surface area contributed by atoms with Crippen LogP contribution in [0.25, 0.3) is 0 Å². The number of carbonyl (C=O) groups is 1. The molecule has 2 rings (SSSR count). The van der Waals surface area contributed by atoms with Crippen molar-refractivity contribution in [3.8, 4) is 5.75 Å². The lowest BCUT2D eigenvalue weighted by atomic mass is 10.1. The molecule has 3 N–H and O–H groups in total. The molecule has 6 nitrogen and oxygen atoms in total. The third-order valence-corrected chi connectivity index (χ3v) is 3.74. The first-order valence-corrected chi connectivity index (χ1v) is 8.42. The summed E-state index contributed by atoms with van der Waals surface area (Å²) in [5.74, 6) is 0.795. The predicted octanol–water partition coefficient (Wildman–Crippen LogP) is 2.78. The summed E-state index contributed by atoms with van der Waals surface area (Å²) >= 11 is 0. The van der Waals surface area contributed by atoms with Crippen LogP contribution in [0.5, 0.6) is 5.75 Å². The van der Waals surface area contributed by atoms with Crippen LogP contribution >= 0.6 is 0 Å². The summed E-state index contributed by atoms with van der Waals surface area (Å²) in [6.07, 6.45) is 0.947. The van der Waals surface area contributed by atoms with Crippen molar-refractivity contribution in [2.24, 2.45) is 0 Å². The van der Waals surface area contributed by atoms with Crippen LogP contribution in [0.4, 0.5) is 4.79 Å². The molecule has 134 valence electrons. The maximum atomic E-state index is 12.0. The largest absolute Gasteiger partial charge is 0.494 e. The Morgan fingerprint density at radius 2 is 1.92 bits per heavy atom. The van der Waals surface area contributed by atoms with Gasteiger partial charge in [0.2, 0.25) is 0 Å². The second kappa shape index (κ2) is 8.92. The average Bonchev–Trinajstić information content (AvgIpc) is 2.57. The molecule has 0 spiro atoms. The van der Waals surface area contributed by atoms with Crippen molar-refractivity contribution >= 4 is 6.03 Å². The second-order valence-corrected chi connectivity index (χ2v) is 5.98. The van der Waals surface area contributed by atoms with Crippen molar-refractivity contribution in [3.05, 3.63) is 63.1 Å². The molecule has 0 aliphatic rings. The zero-order valence-electron chi connectivity index (χ0n) is 14.9. The van der Waals surface area contributed by atoms with E-state index in [0.29, 0.717) is 18.7 Å². The lowest BCUT2D eigenvalue weighted by Gasteiger charge is -2.10. The fourth-order valence-electron chi connectivity index (χ4n) is 2.48. The predicted molar refractivity (Wildman–Crippen MR) is 97.8 cm³/mol. The number of nitrogens with one attached hydrogen (secondary N) is 3. The van der Waals surface area contributed by atoms with Gasteiger partial charge in [0.15, 0.2) is 0 Å². The Kier molecular flexibility index (Phi) is 6.62. The van der Waals surface area contributed by atoms with Crippen molar-refractivity contribution < 1.29 is 9.53 Å². The summed E-state index contributed by atoms with van der Waals surface area (Å²) in [4.78, 5) is 26.6. The number of urea groups is 1. The minimum absolute atomic E-state index is 0.168. The van der Waals surface area contributed by atoms with Crippen molar-refractivity contribution in [2.75, 3.05) is 6.61 Å². The molecule has 0 aliphatic heterocycles. The van der Waals surface area contributed by atoms with Crippen molar-refractivity contribution in [1.29, 1.82) is 0 Å². The summed E-state index contributed by atoms with van der Waals surface area (Å²) in [5, 5.41) is 5.50. The van der Waals surface area contributed by atoms with Gasteiger partial charge in [0, 0.05) is 17.8 Å². The highest BCUT2D eigenvalue weighted by Crippen LogP contribution is 2.13. The van der Waals surface area contributed by atoms with E-state index in [9.17, 15) is 9.59 Å².